The lowest BCUT2D eigenvalue weighted by molar-refractivity contribution is -0.128. The predicted octanol–water partition coefficient (Wildman–Crippen LogP) is 2.24. The molecule has 2 fully saturated rings. The monoisotopic (exact) mass is 355 g/mol. The molecule has 2 saturated heterocycles. The van der Waals surface area contributed by atoms with Gasteiger partial charge in [-0.05, 0) is 42.8 Å². The average molecular weight is 355 g/mol. The Hall–Kier alpha value is -2.47. The van der Waals surface area contributed by atoms with Gasteiger partial charge in [0.25, 0.3) is 0 Å². The van der Waals surface area contributed by atoms with Crippen LogP contribution < -0.4 is 10.1 Å². The molecule has 6 heteroatoms. The van der Waals surface area contributed by atoms with E-state index in [2.05, 4.69) is 15.2 Å². The van der Waals surface area contributed by atoms with Crippen LogP contribution >= 0.6 is 0 Å². The van der Waals surface area contributed by atoms with Gasteiger partial charge in [0, 0.05) is 31.7 Å². The quantitative estimate of drug-likeness (QED) is 0.894. The van der Waals surface area contributed by atoms with Crippen molar-refractivity contribution in [1.29, 1.82) is 0 Å². The number of hydrogen-bond acceptors (Lipinski definition) is 4. The number of benzene rings is 1. The summed E-state index contributed by atoms with van der Waals surface area (Å²) in [5.74, 6) is 0.723. The maximum absolute atomic E-state index is 13.4. The van der Waals surface area contributed by atoms with Gasteiger partial charge in [-0.25, -0.2) is 4.39 Å². The fourth-order valence-corrected chi connectivity index (χ4v) is 4.08. The van der Waals surface area contributed by atoms with Gasteiger partial charge in [0.2, 0.25) is 5.91 Å². The zero-order chi connectivity index (χ0) is 18.0. The van der Waals surface area contributed by atoms with Crippen molar-refractivity contribution in [1.82, 2.24) is 15.2 Å². The normalized spacial score (nSPS) is 25.6. The molecule has 3 heterocycles. The topological polar surface area (TPSA) is 54.5 Å². The number of halogens is 1. The van der Waals surface area contributed by atoms with Crippen molar-refractivity contribution in [3.8, 4) is 5.75 Å². The maximum Gasteiger partial charge on any atom is 0.228 e. The average Bonchev–Trinajstić information content (AvgIpc) is 3.20. The first-order chi connectivity index (χ1) is 12.7. The summed E-state index contributed by atoms with van der Waals surface area (Å²) in [7, 11) is 0. The Balaban J connectivity index is 1.43. The molecular weight excluding hydrogens is 333 g/mol. The number of carbonyl (C=O) groups excluding carboxylic acids is 1. The summed E-state index contributed by atoms with van der Waals surface area (Å²) in [5, 5.41) is 3.01. The minimum absolute atomic E-state index is 0.110. The molecule has 4 rings (SSSR count). The van der Waals surface area contributed by atoms with E-state index in [4.69, 9.17) is 4.74 Å². The standard InChI is InChI=1S/C20H22FN3O2/c21-17-4-1-3-15(9-17)12-24-8-6-20(14-24)16(10-23-19(20)25)13-26-18-5-2-7-22-11-18/h1-5,7,9,11,16H,6,8,10,12-14H2,(H,23,25)/t16-,20-/m0/s1. The number of pyridine rings is 1. The Kier molecular flexibility index (Phi) is 4.59. The minimum Gasteiger partial charge on any atom is -0.492 e. The van der Waals surface area contributed by atoms with Crippen LogP contribution in [0.2, 0.25) is 0 Å². The Morgan fingerprint density at radius 2 is 2.27 bits per heavy atom. The third kappa shape index (κ3) is 3.29. The van der Waals surface area contributed by atoms with Crippen molar-refractivity contribution < 1.29 is 13.9 Å². The molecule has 2 atom stereocenters. The van der Waals surface area contributed by atoms with E-state index in [1.165, 1.54) is 6.07 Å². The van der Waals surface area contributed by atoms with E-state index in [0.29, 0.717) is 26.2 Å². The lowest BCUT2D eigenvalue weighted by Gasteiger charge is -2.28. The van der Waals surface area contributed by atoms with Crippen molar-refractivity contribution in [3.05, 3.63) is 60.2 Å². The molecule has 1 aromatic heterocycles. The largest absolute Gasteiger partial charge is 0.492 e. The van der Waals surface area contributed by atoms with E-state index >= 15 is 0 Å². The number of ether oxygens (including phenoxy) is 1. The van der Waals surface area contributed by atoms with Crippen molar-refractivity contribution in [2.75, 3.05) is 26.2 Å². The lowest BCUT2D eigenvalue weighted by Crippen LogP contribution is -2.40. The molecule has 1 spiro atoms. The zero-order valence-electron chi connectivity index (χ0n) is 14.5. The molecule has 2 aromatic rings. The van der Waals surface area contributed by atoms with E-state index in [-0.39, 0.29) is 17.6 Å². The molecular formula is C20H22FN3O2. The summed E-state index contributed by atoms with van der Waals surface area (Å²) in [6.07, 6.45) is 4.19. The second kappa shape index (κ2) is 7.03. The van der Waals surface area contributed by atoms with Gasteiger partial charge in [-0.3, -0.25) is 14.7 Å². The summed E-state index contributed by atoms with van der Waals surface area (Å²) in [5.41, 5.74) is 0.513. The second-order valence-electron chi connectivity index (χ2n) is 7.15. The van der Waals surface area contributed by atoms with Gasteiger partial charge in [-0.2, -0.15) is 0 Å². The molecule has 5 nitrogen and oxygen atoms in total. The highest BCUT2D eigenvalue weighted by Crippen LogP contribution is 2.42. The molecule has 0 saturated carbocycles. The first-order valence-electron chi connectivity index (χ1n) is 8.94. The van der Waals surface area contributed by atoms with Gasteiger partial charge < -0.3 is 10.1 Å². The third-order valence-electron chi connectivity index (χ3n) is 5.50. The van der Waals surface area contributed by atoms with Gasteiger partial charge >= 0.3 is 0 Å². The fourth-order valence-electron chi connectivity index (χ4n) is 4.08. The molecule has 2 aliphatic heterocycles. The molecule has 1 amide bonds. The van der Waals surface area contributed by atoms with Crippen molar-refractivity contribution >= 4 is 5.91 Å². The number of rotatable bonds is 5. The number of aromatic nitrogens is 1. The summed E-state index contributed by atoms with van der Waals surface area (Å²) < 4.78 is 19.3. The second-order valence-corrected chi connectivity index (χ2v) is 7.15. The maximum atomic E-state index is 13.4. The van der Waals surface area contributed by atoms with E-state index < -0.39 is 5.41 Å². The van der Waals surface area contributed by atoms with Crippen molar-refractivity contribution in [2.24, 2.45) is 11.3 Å². The zero-order valence-corrected chi connectivity index (χ0v) is 14.5. The van der Waals surface area contributed by atoms with Crippen LogP contribution in [0.4, 0.5) is 4.39 Å². The molecule has 0 radical (unpaired) electrons. The third-order valence-corrected chi connectivity index (χ3v) is 5.50. The lowest BCUT2D eigenvalue weighted by atomic mass is 9.77. The van der Waals surface area contributed by atoms with Gasteiger partial charge in [0.05, 0.1) is 18.2 Å². The predicted molar refractivity (Wildman–Crippen MR) is 95.0 cm³/mol. The smallest absolute Gasteiger partial charge is 0.228 e. The molecule has 2 aliphatic rings. The summed E-state index contributed by atoms with van der Waals surface area (Å²) in [6, 6.07) is 10.4. The molecule has 0 bridgehead atoms. The van der Waals surface area contributed by atoms with Crippen LogP contribution in [0, 0.1) is 17.2 Å². The van der Waals surface area contributed by atoms with E-state index in [1.807, 2.05) is 18.2 Å². The van der Waals surface area contributed by atoms with Crippen LogP contribution in [0.1, 0.15) is 12.0 Å². The molecule has 1 N–H and O–H groups in total. The van der Waals surface area contributed by atoms with Crippen LogP contribution in [0.25, 0.3) is 0 Å². The van der Waals surface area contributed by atoms with Crippen molar-refractivity contribution in [3.63, 3.8) is 0 Å². The SMILES string of the molecule is O=C1NC[C@@H](COc2cccnc2)[C@@]12CCN(Cc1cccc(F)c1)C2. The van der Waals surface area contributed by atoms with Crippen LogP contribution in [-0.4, -0.2) is 42.0 Å². The minimum atomic E-state index is -0.421. The number of amides is 1. The first-order valence-corrected chi connectivity index (χ1v) is 8.94. The van der Waals surface area contributed by atoms with Crippen LogP contribution in [0.15, 0.2) is 48.8 Å². The van der Waals surface area contributed by atoms with Gasteiger partial charge in [0.15, 0.2) is 0 Å². The summed E-state index contributed by atoms with van der Waals surface area (Å²) in [6.45, 7) is 3.28. The highest BCUT2D eigenvalue weighted by Gasteiger charge is 2.54. The summed E-state index contributed by atoms with van der Waals surface area (Å²) >= 11 is 0. The van der Waals surface area contributed by atoms with Crippen LogP contribution in [0.3, 0.4) is 0 Å². The molecule has 0 unspecified atom stereocenters. The molecule has 1 aromatic carbocycles. The van der Waals surface area contributed by atoms with Crippen LogP contribution in [-0.2, 0) is 11.3 Å². The van der Waals surface area contributed by atoms with E-state index in [9.17, 15) is 9.18 Å². The Labute approximate surface area is 152 Å². The van der Waals surface area contributed by atoms with Crippen molar-refractivity contribution in [2.45, 2.75) is 13.0 Å². The number of carbonyl (C=O) groups is 1. The van der Waals surface area contributed by atoms with E-state index in [0.717, 1.165) is 24.3 Å². The Bertz CT molecular complexity index is 786. The Morgan fingerprint density at radius 1 is 1.35 bits per heavy atom. The van der Waals surface area contributed by atoms with Gasteiger partial charge in [-0.1, -0.05) is 12.1 Å². The number of likely N-dealkylation sites (tertiary alicyclic amines) is 1. The molecule has 0 aliphatic carbocycles. The first kappa shape index (κ1) is 17.0. The molecule has 136 valence electrons. The summed E-state index contributed by atoms with van der Waals surface area (Å²) in [4.78, 5) is 18.9. The highest BCUT2D eigenvalue weighted by molar-refractivity contribution is 5.86. The van der Waals surface area contributed by atoms with Gasteiger partial charge in [-0.15, -0.1) is 0 Å². The fraction of sp³-hybridized carbons (Fsp3) is 0.400. The van der Waals surface area contributed by atoms with Crippen LogP contribution in [0.5, 0.6) is 5.75 Å². The van der Waals surface area contributed by atoms with Gasteiger partial charge in [0.1, 0.15) is 11.6 Å². The number of nitrogens with one attached hydrogen (secondary N) is 1. The Morgan fingerprint density at radius 3 is 3.08 bits per heavy atom. The van der Waals surface area contributed by atoms with E-state index in [1.54, 1.807) is 24.5 Å². The number of nitrogens with zero attached hydrogens (tertiary/aromatic N) is 2. The number of hydrogen-bond donors (Lipinski definition) is 1. The molecule has 26 heavy (non-hydrogen) atoms. The highest BCUT2D eigenvalue weighted by atomic mass is 19.1.